The Kier molecular flexibility index (Phi) is 6.71. The van der Waals surface area contributed by atoms with Crippen LogP contribution in [-0.2, 0) is 17.9 Å². The number of halogens is 1. The topological polar surface area (TPSA) is 111 Å². The molecule has 2 aromatic carbocycles. The molecule has 0 atom stereocenters. The van der Waals surface area contributed by atoms with E-state index >= 15 is 0 Å². The molecule has 0 fully saturated rings. The predicted molar refractivity (Wildman–Crippen MR) is 128 cm³/mol. The van der Waals surface area contributed by atoms with Gasteiger partial charge in [0.25, 0.3) is 11.8 Å². The van der Waals surface area contributed by atoms with Crippen LogP contribution in [0, 0.1) is 5.82 Å². The summed E-state index contributed by atoms with van der Waals surface area (Å²) in [7, 11) is 0. The number of nitrogens with one attached hydrogen (secondary N) is 1. The van der Waals surface area contributed by atoms with E-state index in [9.17, 15) is 18.8 Å². The van der Waals surface area contributed by atoms with Crippen LogP contribution < -0.4 is 19.7 Å². The molecule has 2 aromatic heterocycles. The Bertz CT molecular complexity index is 1440. The van der Waals surface area contributed by atoms with Crippen LogP contribution in [-0.4, -0.2) is 30.8 Å². The average Bonchev–Trinajstić information content (AvgIpc) is 3.60. The molecule has 0 unspecified atom stereocenters. The lowest BCUT2D eigenvalue weighted by molar-refractivity contribution is -0.121. The molecule has 1 N–H and O–H groups in total. The lowest BCUT2D eigenvalue weighted by Gasteiger charge is -2.29. The normalized spacial score (nSPS) is 12.6. The molecule has 2 amide bonds. The number of rotatable bonds is 9. The van der Waals surface area contributed by atoms with E-state index in [1.54, 1.807) is 36.4 Å². The number of amides is 2. The molecule has 9 nitrogen and oxygen atoms in total. The molecule has 5 rings (SSSR count). The fraction of sp³-hybridized carbons (Fsp3) is 0.148. The summed E-state index contributed by atoms with van der Waals surface area (Å²) in [5.74, 6) is -0.333. The van der Waals surface area contributed by atoms with Crippen LogP contribution in [0.3, 0.4) is 0 Å². The van der Waals surface area contributed by atoms with E-state index in [1.807, 2.05) is 0 Å². The van der Waals surface area contributed by atoms with Crippen LogP contribution in [0.25, 0.3) is 0 Å². The number of nitrogens with zero attached hydrogens (tertiary/aromatic N) is 1. The SMILES string of the molecule is O=C(COc1ccccc1F)c1ccc2c(c1)N(Cc1ccc(C(=O)NCc3ccco3)o1)C(=O)CO2. The summed E-state index contributed by atoms with van der Waals surface area (Å²) in [6.07, 6.45) is 1.51. The zero-order valence-electron chi connectivity index (χ0n) is 19.4. The number of anilines is 1. The Labute approximate surface area is 210 Å². The van der Waals surface area contributed by atoms with Gasteiger partial charge >= 0.3 is 0 Å². The fourth-order valence-corrected chi connectivity index (χ4v) is 3.75. The van der Waals surface area contributed by atoms with Gasteiger partial charge < -0.3 is 23.6 Å². The number of hydrogen-bond acceptors (Lipinski definition) is 7. The fourth-order valence-electron chi connectivity index (χ4n) is 3.75. The van der Waals surface area contributed by atoms with E-state index in [1.165, 1.54) is 41.5 Å². The van der Waals surface area contributed by atoms with Crippen LogP contribution in [0.2, 0.25) is 0 Å². The second kappa shape index (κ2) is 10.4. The molecule has 0 bridgehead atoms. The van der Waals surface area contributed by atoms with Gasteiger partial charge in [-0.15, -0.1) is 0 Å². The van der Waals surface area contributed by atoms with E-state index in [2.05, 4.69) is 5.32 Å². The summed E-state index contributed by atoms with van der Waals surface area (Å²) in [5.41, 5.74) is 0.629. The van der Waals surface area contributed by atoms with E-state index in [4.69, 9.17) is 18.3 Å². The summed E-state index contributed by atoms with van der Waals surface area (Å²) < 4.78 is 35.5. The van der Waals surface area contributed by atoms with Gasteiger partial charge in [-0.25, -0.2) is 4.39 Å². The number of carbonyl (C=O) groups is 3. The molecule has 0 aliphatic carbocycles. The molecule has 1 aliphatic rings. The first kappa shape index (κ1) is 23.9. The quantitative estimate of drug-likeness (QED) is 0.341. The Morgan fingerprint density at radius 1 is 1.03 bits per heavy atom. The van der Waals surface area contributed by atoms with E-state index in [-0.39, 0.29) is 49.3 Å². The van der Waals surface area contributed by atoms with Crippen molar-refractivity contribution >= 4 is 23.3 Å². The second-order valence-corrected chi connectivity index (χ2v) is 8.12. The van der Waals surface area contributed by atoms with E-state index < -0.39 is 17.5 Å². The first-order chi connectivity index (χ1) is 18.0. The Morgan fingerprint density at radius 3 is 2.70 bits per heavy atom. The highest BCUT2D eigenvalue weighted by Crippen LogP contribution is 2.34. The minimum atomic E-state index is -0.571. The number of para-hydroxylation sites is 1. The number of furan rings is 2. The Morgan fingerprint density at radius 2 is 1.89 bits per heavy atom. The van der Waals surface area contributed by atoms with Crippen molar-refractivity contribution in [1.29, 1.82) is 0 Å². The number of hydrogen-bond donors (Lipinski definition) is 1. The molecule has 4 aromatic rings. The highest BCUT2D eigenvalue weighted by molar-refractivity contribution is 6.02. The van der Waals surface area contributed by atoms with Crippen molar-refractivity contribution in [2.75, 3.05) is 18.1 Å². The van der Waals surface area contributed by atoms with Gasteiger partial charge in [0.2, 0.25) is 0 Å². The van der Waals surface area contributed by atoms with Gasteiger partial charge in [-0.3, -0.25) is 19.3 Å². The zero-order chi connectivity index (χ0) is 25.8. The van der Waals surface area contributed by atoms with Gasteiger partial charge in [0.15, 0.2) is 36.3 Å². The maximum Gasteiger partial charge on any atom is 0.287 e. The molecule has 10 heteroatoms. The number of benzene rings is 2. The van der Waals surface area contributed by atoms with Gasteiger partial charge in [0.05, 0.1) is 25.0 Å². The minimum absolute atomic E-state index is 0.0179. The van der Waals surface area contributed by atoms with Gasteiger partial charge in [-0.05, 0) is 54.6 Å². The second-order valence-electron chi connectivity index (χ2n) is 8.12. The molecule has 3 heterocycles. The Balaban J connectivity index is 1.28. The van der Waals surface area contributed by atoms with E-state index in [0.717, 1.165) is 0 Å². The predicted octanol–water partition coefficient (Wildman–Crippen LogP) is 4.13. The van der Waals surface area contributed by atoms with Crippen LogP contribution in [0.15, 0.2) is 81.8 Å². The number of Topliss-reactive ketones (excluding diaryl/α,β-unsaturated/α-hetero) is 1. The number of fused-ring (bicyclic) bond motifs is 1. The first-order valence-electron chi connectivity index (χ1n) is 11.3. The standard InChI is InChI=1S/C27H21FN2O7/c28-20-5-1-2-6-23(20)35-15-22(31)17-7-9-24-21(12-17)30(26(32)16-36-24)14-19-8-10-25(37-19)27(33)29-13-18-4-3-11-34-18/h1-12H,13-16H2,(H,29,33). The molecular formula is C27H21FN2O7. The molecular weight excluding hydrogens is 483 g/mol. The molecule has 0 spiro atoms. The van der Waals surface area contributed by atoms with Crippen molar-refractivity contribution in [1.82, 2.24) is 5.32 Å². The number of ketones is 1. The first-order valence-corrected chi connectivity index (χ1v) is 11.3. The van der Waals surface area contributed by atoms with Gasteiger partial charge in [0.1, 0.15) is 17.3 Å². The van der Waals surface area contributed by atoms with Crippen molar-refractivity contribution in [2.24, 2.45) is 0 Å². The smallest absolute Gasteiger partial charge is 0.287 e. The summed E-state index contributed by atoms with van der Waals surface area (Å²) in [6.45, 7) is -0.351. The van der Waals surface area contributed by atoms with Crippen molar-refractivity contribution in [3.05, 3.63) is 102 Å². The van der Waals surface area contributed by atoms with Crippen LogP contribution >= 0.6 is 0 Å². The maximum absolute atomic E-state index is 13.8. The lowest BCUT2D eigenvalue weighted by Crippen LogP contribution is -2.38. The molecule has 1 aliphatic heterocycles. The van der Waals surface area contributed by atoms with Gasteiger partial charge in [0, 0.05) is 5.56 Å². The molecule has 0 saturated carbocycles. The minimum Gasteiger partial charge on any atom is -0.482 e. The van der Waals surface area contributed by atoms with Crippen molar-refractivity contribution in [3.63, 3.8) is 0 Å². The third-order valence-corrected chi connectivity index (χ3v) is 5.62. The molecule has 0 radical (unpaired) electrons. The van der Waals surface area contributed by atoms with Crippen LogP contribution in [0.1, 0.15) is 32.4 Å². The summed E-state index contributed by atoms with van der Waals surface area (Å²) in [6, 6.07) is 17.0. The molecule has 37 heavy (non-hydrogen) atoms. The highest BCUT2D eigenvalue weighted by atomic mass is 19.1. The van der Waals surface area contributed by atoms with E-state index in [0.29, 0.717) is 23.0 Å². The summed E-state index contributed by atoms with van der Waals surface area (Å²) >= 11 is 0. The summed E-state index contributed by atoms with van der Waals surface area (Å²) in [5, 5.41) is 2.69. The third kappa shape index (κ3) is 5.37. The Hall–Kier alpha value is -4.86. The van der Waals surface area contributed by atoms with Gasteiger partial charge in [-0.2, -0.15) is 0 Å². The third-order valence-electron chi connectivity index (χ3n) is 5.62. The lowest BCUT2D eigenvalue weighted by atomic mass is 10.1. The molecule has 188 valence electrons. The van der Waals surface area contributed by atoms with Crippen molar-refractivity contribution in [3.8, 4) is 11.5 Å². The number of ether oxygens (including phenoxy) is 2. The maximum atomic E-state index is 13.8. The van der Waals surface area contributed by atoms with Gasteiger partial charge in [-0.1, -0.05) is 12.1 Å². The van der Waals surface area contributed by atoms with Crippen molar-refractivity contribution < 1.29 is 37.1 Å². The average molecular weight is 504 g/mol. The van der Waals surface area contributed by atoms with Crippen LogP contribution in [0.4, 0.5) is 10.1 Å². The van der Waals surface area contributed by atoms with Crippen molar-refractivity contribution in [2.45, 2.75) is 13.1 Å². The molecule has 0 saturated heterocycles. The van der Waals surface area contributed by atoms with Crippen LogP contribution in [0.5, 0.6) is 11.5 Å². The summed E-state index contributed by atoms with van der Waals surface area (Å²) in [4.78, 5) is 39.2. The number of carbonyl (C=O) groups excluding carboxylic acids is 3. The zero-order valence-corrected chi connectivity index (χ0v) is 19.4. The monoisotopic (exact) mass is 504 g/mol. The largest absolute Gasteiger partial charge is 0.482 e. The highest BCUT2D eigenvalue weighted by Gasteiger charge is 2.28.